The fourth-order valence-electron chi connectivity index (χ4n) is 2.48. The number of likely N-dealkylation sites (tertiary alicyclic amines) is 1. The molecule has 0 aromatic carbocycles. The molecule has 0 unspecified atom stereocenters. The highest BCUT2D eigenvalue weighted by atomic mass is 16.3. The Kier molecular flexibility index (Phi) is 2.38. The fraction of sp³-hybridized carbons (Fsp3) is 0.636. The van der Waals surface area contributed by atoms with E-state index in [2.05, 4.69) is 0 Å². The zero-order valence-electron chi connectivity index (χ0n) is 8.77. The van der Waals surface area contributed by atoms with Crippen LogP contribution in [0.5, 0.6) is 0 Å². The first kappa shape index (κ1) is 10.4. The highest BCUT2D eigenvalue weighted by Crippen LogP contribution is 2.45. The Bertz CT molecular complexity index is 337. The lowest BCUT2D eigenvalue weighted by molar-refractivity contribution is -0.141. The highest BCUT2D eigenvalue weighted by molar-refractivity contribution is 6.07. The van der Waals surface area contributed by atoms with Crippen LogP contribution in [-0.2, 0) is 9.59 Å². The van der Waals surface area contributed by atoms with E-state index in [1.165, 1.54) is 4.90 Å². The van der Waals surface area contributed by atoms with Crippen molar-refractivity contribution in [2.45, 2.75) is 19.8 Å². The first-order valence-electron chi connectivity index (χ1n) is 5.23. The molecule has 2 aliphatic rings. The molecule has 4 heteroatoms. The van der Waals surface area contributed by atoms with Crippen molar-refractivity contribution >= 4 is 11.8 Å². The summed E-state index contributed by atoms with van der Waals surface area (Å²) in [5.41, 5.74) is -0.568. The van der Waals surface area contributed by atoms with Crippen LogP contribution in [-0.4, -0.2) is 35.0 Å². The molecular formula is C11H15NO3. The van der Waals surface area contributed by atoms with E-state index in [4.69, 9.17) is 5.11 Å². The minimum atomic E-state index is -0.568. The molecule has 1 aliphatic carbocycles. The van der Waals surface area contributed by atoms with Crippen LogP contribution in [0.2, 0.25) is 0 Å². The second-order valence-electron chi connectivity index (χ2n) is 4.40. The second-order valence-corrected chi connectivity index (χ2v) is 4.40. The van der Waals surface area contributed by atoms with Crippen molar-refractivity contribution in [3.8, 4) is 0 Å². The van der Waals surface area contributed by atoms with Gasteiger partial charge in [0.15, 0.2) is 0 Å². The van der Waals surface area contributed by atoms with Crippen molar-refractivity contribution in [1.29, 1.82) is 0 Å². The number of amides is 2. The molecule has 2 atom stereocenters. The van der Waals surface area contributed by atoms with Crippen LogP contribution in [0, 0.1) is 11.3 Å². The summed E-state index contributed by atoms with van der Waals surface area (Å²) in [7, 11) is 0. The molecule has 2 amide bonds. The molecule has 1 N–H and O–H groups in total. The van der Waals surface area contributed by atoms with Gasteiger partial charge >= 0.3 is 0 Å². The molecule has 0 spiro atoms. The zero-order valence-corrected chi connectivity index (χ0v) is 8.77. The number of imide groups is 1. The van der Waals surface area contributed by atoms with E-state index in [0.29, 0.717) is 12.8 Å². The summed E-state index contributed by atoms with van der Waals surface area (Å²) in [6.45, 7) is 1.82. The van der Waals surface area contributed by atoms with Crippen LogP contribution in [0.3, 0.4) is 0 Å². The van der Waals surface area contributed by atoms with Gasteiger partial charge in [-0.15, -0.1) is 0 Å². The molecule has 2 rings (SSSR count). The molecule has 1 saturated heterocycles. The minimum Gasteiger partial charge on any atom is -0.395 e. The lowest BCUT2D eigenvalue weighted by Crippen LogP contribution is -2.36. The number of carbonyl (C=O) groups excluding carboxylic acids is 2. The molecule has 1 fully saturated rings. The van der Waals surface area contributed by atoms with Crippen molar-refractivity contribution in [3.05, 3.63) is 12.2 Å². The van der Waals surface area contributed by atoms with E-state index in [1.807, 2.05) is 19.1 Å². The average molecular weight is 209 g/mol. The monoisotopic (exact) mass is 209 g/mol. The summed E-state index contributed by atoms with van der Waals surface area (Å²) in [5.74, 6) is -0.474. The summed E-state index contributed by atoms with van der Waals surface area (Å²) in [6, 6.07) is 0. The van der Waals surface area contributed by atoms with Crippen LogP contribution in [0.25, 0.3) is 0 Å². The van der Waals surface area contributed by atoms with Crippen molar-refractivity contribution < 1.29 is 14.7 Å². The average Bonchev–Trinajstić information content (AvgIpc) is 2.41. The maximum Gasteiger partial charge on any atom is 0.236 e. The molecule has 4 nitrogen and oxygen atoms in total. The molecular weight excluding hydrogens is 194 g/mol. The Morgan fingerprint density at radius 3 is 2.87 bits per heavy atom. The fourth-order valence-corrected chi connectivity index (χ4v) is 2.48. The van der Waals surface area contributed by atoms with Gasteiger partial charge in [-0.2, -0.15) is 0 Å². The van der Waals surface area contributed by atoms with Gasteiger partial charge in [0.2, 0.25) is 11.8 Å². The number of hydrogen-bond donors (Lipinski definition) is 1. The smallest absolute Gasteiger partial charge is 0.236 e. The lowest BCUT2D eigenvalue weighted by Gasteiger charge is -2.27. The van der Waals surface area contributed by atoms with Gasteiger partial charge in [0, 0.05) is 0 Å². The van der Waals surface area contributed by atoms with Gasteiger partial charge < -0.3 is 5.11 Å². The Balaban J connectivity index is 2.32. The molecule has 0 bridgehead atoms. The number of hydrogen-bond acceptors (Lipinski definition) is 3. The number of aliphatic hydroxyl groups is 1. The summed E-state index contributed by atoms with van der Waals surface area (Å²) >= 11 is 0. The standard InChI is InChI=1S/C11H15NO3/c1-11-5-3-2-4-8(11)9(14)12(6-7-13)10(11)15/h2-3,8,13H,4-7H2,1H3/t8-,11-/m0/s1. The number of β-amino-alcohol motifs (C(OH)–C–C–N with tert-alkyl or cyclic N) is 1. The van der Waals surface area contributed by atoms with Crippen molar-refractivity contribution in [1.82, 2.24) is 4.90 Å². The van der Waals surface area contributed by atoms with Crippen molar-refractivity contribution in [2.75, 3.05) is 13.2 Å². The number of allylic oxidation sites excluding steroid dienone is 2. The van der Waals surface area contributed by atoms with Crippen LogP contribution in [0.4, 0.5) is 0 Å². The first-order valence-corrected chi connectivity index (χ1v) is 5.23. The summed E-state index contributed by atoms with van der Waals surface area (Å²) in [4.78, 5) is 25.1. The van der Waals surface area contributed by atoms with Crippen LogP contribution in [0.1, 0.15) is 19.8 Å². The van der Waals surface area contributed by atoms with E-state index < -0.39 is 5.41 Å². The first-order chi connectivity index (χ1) is 7.11. The van der Waals surface area contributed by atoms with Gasteiger partial charge in [-0.3, -0.25) is 14.5 Å². The Morgan fingerprint density at radius 2 is 2.27 bits per heavy atom. The van der Waals surface area contributed by atoms with E-state index in [0.717, 1.165) is 0 Å². The Labute approximate surface area is 88.6 Å². The van der Waals surface area contributed by atoms with Crippen molar-refractivity contribution in [2.24, 2.45) is 11.3 Å². The molecule has 0 radical (unpaired) electrons. The van der Waals surface area contributed by atoms with Crippen LogP contribution >= 0.6 is 0 Å². The Morgan fingerprint density at radius 1 is 1.53 bits per heavy atom. The SMILES string of the molecule is C[C@]12CC=CC[C@H]1C(=O)N(CCO)C2=O. The predicted molar refractivity (Wildman–Crippen MR) is 53.8 cm³/mol. The third-order valence-corrected chi connectivity index (χ3v) is 3.47. The third kappa shape index (κ3) is 1.32. The number of rotatable bonds is 2. The van der Waals surface area contributed by atoms with E-state index in [9.17, 15) is 9.59 Å². The summed E-state index contributed by atoms with van der Waals surface area (Å²) in [6.07, 6.45) is 5.19. The minimum absolute atomic E-state index is 0.124. The van der Waals surface area contributed by atoms with Gasteiger partial charge in [0.05, 0.1) is 24.5 Å². The number of nitrogens with zero attached hydrogens (tertiary/aromatic N) is 1. The van der Waals surface area contributed by atoms with E-state index >= 15 is 0 Å². The lowest BCUT2D eigenvalue weighted by atomic mass is 9.72. The van der Waals surface area contributed by atoms with Crippen molar-refractivity contribution in [3.63, 3.8) is 0 Å². The largest absolute Gasteiger partial charge is 0.395 e. The summed E-state index contributed by atoms with van der Waals surface area (Å²) in [5, 5.41) is 8.82. The topological polar surface area (TPSA) is 57.6 Å². The van der Waals surface area contributed by atoms with Crippen LogP contribution < -0.4 is 0 Å². The van der Waals surface area contributed by atoms with E-state index in [1.54, 1.807) is 0 Å². The molecule has 0 aromatic rings. The molecule has 0 saturated carbocycles. The zero-order chi connectivity index (χ0) is 11.1. The third-order valence-electron chi connectivity index (χ3n) is 3.47. The van der Waals surface area contributed by atoms with Gasteiger partial charge in [-0.25, -0.2) is 0 Å². The maximum atomic E-state index is 12.0. The molecule has 1 heterocycles. The molecule has 1 aliphatic heterocycles. The van der Waals surface area contributed by atoms with Gasteiger partial charge in [-0.1, -0.05) is 12.2 Å². The predicted octanol–water partition coefficient (Wildman–Crippen LogP) is 0.320. The van der Waals surface area contributed by atoms with Gasteiger partial charge in [0.25, 0.3) is 0 Å². The quantitative estimate of drug-likeness (QED) is 0.526. The van der Waals surface area contributed by atoms with Gasteiger partial charge in [-0.05, 0) is 19.8 Å². The Hall–Kier alpha value is -1.16. The number of carbonyl (C=O) groups is 2. The highest BCUT2D eigenvalue weighted by Gasteiger charge is 2.55. The summed E-state index contributed by atoms with van der Waals surface area (Å²) < 4.78 is 0. The van der Waals surface area contributed by atoms with Crippen LogP contribution in [0.15, 0.2) is 12.2 Å². The molecule has 15 heavy (non-hydrogen) atoms. The molecule has 0 aromatic heterocycles. The molecule has 82 valence electrons. The van der Waals surface area contributed by atoms with E-state index in [-0.39, 0.29) is 30.9 Å². The normalized spacial score (nSPS) is 34.8. The number of aliphatic hydroxyl groups excluding tert-OH is 1. The number of fused-ring (bicyclic) bond motifs is 1. The second kappa shape index (κ2) is 3.45. The maximum absolute atomic E-state index is 12.0. The van der Waals surface area contributed by atoms with Gasteiger partial charge in [0.1, 0.15) is 0 Å².